The Hall–Kier alpha value is -4.07. The zero-order valence-corrected chi connectivity index (χ0v) is 29.7. The smallest absolute Gasteiger partial charge is 0.321 e. The molecule has 4 atom stereocenters. The number of benzene rings is 2. The van der Waals surface area contributed by atoms with Gasteiger partial charge in [-0.1, -0.05) is 6.92 Å². The second-order valence-corrected chi connectivity index (χ2v) is 13.3. The quantitative estimate of drug-likeness (QED) is 0.326. The summed E-state index contributed by atoms with van der Waals surface area (Å²) in [4.78, 5) is 45.5. The van der Waals surface area contributed by atoms with Gasteiger partial charge in [-0.05, 0) is 90.5 Å². The van der Waals surface area contributed by atoms with Crippen LogP contribution >= 0.6 is 0 Å². The largest absolute Gasteiger partial charge is 0.490 e. The van der Waals surface area contributed by atoms with Crippen LogP contribution in [0.2, 0.25) is 0 Å². The van der Waals surface area contributed by atoms with Gasteiger partial charge in [0, 0.05) is 56.5 Å². The zero-order valence-electron chi connectivity index (χ0n) is 29.7. The molecular formula is C36H53N5O8. The Morgan fingerprint density at radius 3 is 2.45 bits per heavy atom. The highest BCUT2D eigenvalue weighted by atomic mass is 16.7. The molecule has 0 aromatic heterocycles. The van der Waals surface area contributed by atoms with E-state index in [0.29, 0.717) is 53.6 Å². The molecule has 0 saturated heterocycles. The second kappa shape index (κ2) is 18.1. The Morgan fingerprint density at radius 2 is 1.71 bits per heavy atom. The maximum Gasteiger partial charge on any atom is 0.321 e. The molecule has 3 N–H and O–H groups in total. The van der Waals surface area contributed by atoms with Crippen molar-refractivity contribution >= 4 is 29.2 Å². The predicted octanol–water partition coefficient (Wildman–Crippen LogP) is 4.66. The summed E-state index contributed by atoms with van der Waals surface area (Å²) in [6.45, 7) is 7.42. The van der Waals surface area contributed by atoms with Crippen molar-refractivity contribution in [2.75, 3.05) is 71.4 Å². The number of hydrogen-bond acceptors (Lipinski definition) is 9. The molecule has 2 aliphatic rings. The number of urea groups is 1. The Balaban J connectivity index is 1.53. The highest BCUT2D eigenvalue weighted by Crippen LogP contribution is 2.34. The summed E-state index contributed by atoms with van der Waals surface area (Å²) in [5.41, 5.74) is 1.38. The molecule has 0 unspecified atom stereocenters. The van der Waals surface area contributed by atoms with Crippen molar-refractivity contribution in [3.63, 3.8) is 0 Å². The molecule has 4 amide bonds. The summed E-state index contributed by atoms with van der Waals surface area (Å²) in [6.07, 6.45) is 2.87. The Labute approximate surface area is 289 Å². The predicted molar refractivity (Wildman–Crippen MR) is 188 cm³/mol. The van der Waals surface area contributed by atoms with E-state index in [9.17, 15) is 19.5 Å². The minimum Gasteiger partial charge on any atom is -0.490 e. The number of likely N-dealkylation sites (N-methyl/N-ethyl adjacent to an activating group) is 1. The van der Waals surface area contributed by atoms with Crippen LogP contribution in [0.5, 0.6) is 17.2 Å². The van der Waals surface area contributed by atoms with Gasteiger partial charge in [-0.25, -0.2) is 4.79 Å². The van der Waals surface area contributed by atoms with Crippen molar-refractivity contribution in [3.05, 3.63) is 42.0 Å². The summed E-state index contributed by atoms with van der Waals surface area (Å²) in [7, 11) is 5.63. The number of aliphatic hydroxyl groups excluding tert-OH is 1. The number of aliphatic hydroxyl groups is 1. The normalized spacial score (nSPS) is 20.5. The van der Waals surface area contributed by atoms with Gasteiger partial charge in [0.2, 0.25) is 12.7 Å². The van der Waals surface area contributed by atoms with Gasteiger partial charge in [-0.3, -0.25) is 9.59 Å². The molecule has 2 aromatic rings. The highest BCUT2D eigenvalue weighted by molar-refractivity contribution is 5.99. The summed E-state index contributed by atoms with van der Waals surface area (Å²) >= 11 is 0. The molecule has 2 heterocycles. The number of ether oxygens (including phenoxy) is 4. The van der Waals surface area contributed by atoms with E-state index in [-0.39, 0.29) is 56.4 Å². The molecule has 49 heavy (non-hydrogen) atoms. The van der Waals surface area contributed by atoms with Gasteiger partial charge < -0.3 is 49.4 Å². The SMILES string of the molecule is C[C@@H]1CCCCO[C@H](CN(C)C(=O)Nc2ccc3c(c2)OCO3)[C@@H](C)CN([C@@H](C)CO)C(=O)c2cc(NC(=O)CCCN(C)C)ccc2O1. The third-order valence-electron chi connectivity index (χ3n) is 8.77. The molecule has 13 nitrogen and oxygen atoms in total. The first-order valence-corrected chi connectivity index (χ1v) is 17.2. The molecule has 270 valence electrons. The van der Waals surface area contributed by atoms with Crippen LogP contribution in [0, 0.1) is 5.92 Å². The van der Waals surface area contributed by atoms with Gasteiger partial charge in [0.15, 0.2) is 11.5 Å². The third-order valence-corrected chi connectivity index (χ3v) is 8.77. The topological polar surface area (TPSA) is 142 Å². The molecule has 2 aliphatic heterocycles. The third kappa shape index (κ3) is 11.0. The van der Waals surface area contributed by atoms with E-state index in [1.165, 1.54) is 0 Å². The van der Waals surface area contributed by atoms with E-state index >= 15 is 0 Å². The Morgan fingerprint density at radius 1 is 1.00 bits per heavy atom. The van der Waals surface area contributed by atoms with Crippen molar-refractivity contribution in [2.45, 2.75) is 71.1 Å². The van der Waals surface area contributed by atoms with Crippen LogP contribution in [0.15, 0.2) is 36.4 Å². The number of anilines is 2. The van der Waals surface area contributed by atoms with Gasteiger partial charge >= 0.3 is 6.03 Å². The van der Waals surface area contributed by atoms with E-state index in [4.69, 9.17) is 18.9 Å². The average molecular weight is 684 g/mol. The fraction of sp³-hybridized carbons (Fsp3) is 0.583. The standard InChI is InChI=1S/C36H53N5O8/c1-24-20-41(25(2)22-42)35(44)29-18-27(37-34(43)11-9-16-39(4)5)12-14-30(29)49-26(3)10-7-8-17-46-33(24)21-40(6)36(45)38-28-13-15-31-32(19-28)48-23-47-31/h12-15,18-19,24-26,33,42H,7-11,16-17,20-23H2,1-6H3,(H,37,43)(H,38,45)/t24-,25-,26+,33+/m0/s1. The van der Waals surface area contributed by atoms with Crippen LogP contribution in [0.1, 0.15) is 63.2 Å². The van der Waals surface area contributed by atoms with Crippen molar-refractivity contribution in [1.82, 2.24) is 14.7 Å². The van der Waals surface area contributed by atoms with E-state index < -0.39 is 12.1 Å². The molecule has 0 aliphatic carbocycles. The molecule has 0 saturated carbocycles. The number of rotatable bonds is 10. The van der Waals surface area contributed by atoms with Gasteiger partial charge in [0.05, 0.1) is 30.4 Å². The molecular weight excluding hydrogens is 630 g/mol. The van der Waals surface area contributed by atoms with Crippen molar-refractivity contribution in [1.29, 1.82) is 0 Å². The summed E-state index contributed by atoms with van der Waals surface area (Å²) in [6, 6.07) is 9.53. The number of carbonyl (C=O) groups excluding carboxylic acids is 3. The minimum absolute atomic E-state index is 0.134. The lowest BCUT2D eigenvalue weighted by atomic mass is 10.0. The Kier molecular flexibility index (Phi) is 13.9. The molecule has 0 bridgehead atoms. The number of nitrogens with one attached hydrogen (secondary N) is 2. The fourth-order valence-electron chi connectivity index (χ4n) is 5.79. The van der Waals surface area contributed by atoms with Crippen LogP contribution in [0.25, 0.3) is 0 Å². The molecule has 0 spiro atoms. The Bertz CT molecular complexity index is 1420. The van der Waals surface area contributed by atoms with Crippen molar-refractivity contribution < 1.29 is 38.4 Å². The van der Waals surface area contributed by atoms with E-state index in [1.54, 1.807) is 60.2 Å². The lowest BCUT2D eigenvalue weighted by molar-refractivity contribution is -0.116. The molecule has 4 rings (SSSR count). The number of fused-ring (bicyclic) bond motifs is 2. The summed E-state index contributed by atoms with van der Waals surface area (Å²) < 4.78 is 23.5. The van der Waals surface area contributed by atoms with Gasteiger partial charge in [-0.2, -0.15) is 0 Å². The molecule has 0 fully saturated rings. The number of carbonyl (C=O) groups is 3. The van der Waals surface area contributed by atoms with Gasteiger partial charge in [0.25, 0.3) is 5.91 Å². The van der Waals surface area contributed by atoms with Crippen LogP contribution in [-0.2, 0) is 9.53 Å². The maximum absolute atomic E-state index is 14.3. The fourth-order valence-corrected chi connectivity index (χ4v) is 5.79. The first-order chi connectivity index (χ1) is 23.4. The first kappa shape index (κ1) is 37.7. The van der Waals surface area contributed by atoms with Gasteiger partial charge in [-0.15, -0.1) is 0 Å². The number of amides is 4. The lowest BCUT2D eigenvalue weighted by Gasteiger charge is -2.35. The number of nitrogens with zero attached hydrogens (tertiary/aromatic N) is 3. The molecule has 13 heteroatoms. The van der Waals surface area contributed by atoms with E-state index in [2.05, 4.69) is 10.6 Å². The van der Waals surface area contributed by atoms with Crippen molar-refractivity contribution in [2.24, 2.45) is 5.92 Å². The summed E-state index contributed by atoms with van der Waals surface area (Å²) in [5, 5.41) is 16.1. The second-order valence-electron chi connectivity index (χ2n) is 13.3. The van der Waals surface area contributed by atoms with Crippen LogP contribution in [0.4, 0.5) is 16.2 Å². The maximum atomic E-state index is 14.3. The number of hydrogen-bond donors (Lipinski definition) is 3. The average Bonchev–Trinajstić information content (AvgIpc) is 3.53. The monoisotopic (exact) mass is 683 g/mol. The zero-order chi connectivity index (χ0) is 35.5. The van der Waals surface area contributed by atoms with Crippen molar-refractivity contribution in [3.8, 4) is 17.2 Å². The summed E-state index contributed by atoms with van der Waals surface area (Å²) in [5.74, 6) is 0.946. The highest BCUT2D eigenvalue weighted by Gasteiger charge is 2.31. The van der Waals surface area contributed by atoms with E-state index in [0.717, 1.165) is 25.8 Å². The van der Waals surface area contributed by atoms with Crippen LogP contribution < -0.4 is 24.8 Å². The molecule has 2 aromatic carbocycles. The van der Waals surface area contributed by atoms with Crippen LogP contribution in [0.3, 0.4) is 0 Å². The molecule has 0 radical (unpaired) electrons. The van der Waals surface area contributed by atoms with Gasteiger partial charge in [0.1, 0.15) is 5.75 Å². The lowest BCUT2D eigenvalue weighted by Crippen LogP contribution is -2.48. The first-order valence-electron chi connectivity index (χ1n) is 17.2. The minimum atomic E-state index is -0.523. The van der Waals surface area contributed by atoms with E-state index in [1.807, 2.05) is 32.8 Å². The van der Waals surface area contributed by atoms with Crippen LogP contribution in [-0.4, -0.2) is 117 Å².